The van der Waals surface area contributed by atoms with Crippen LogP contribution in [0.4, 0.5) is 5.69 Å². The molecule has 1 saturated heterocycles. The summed E-state index contributed by atoms with van der Waals surface area (Å²) in [6.45, 7) is 5.21. The van der Waals surface area contributed by atoms with Gasteiger partial charge in [0.05, 0.1) is 5.52 Å². The molecule has 0 spiro atoms. The molecule has 2 amide bonds. The molecule has 1 fully saturated rings. The van der Waals surface area contributed by atoms with Crippen LogP contribution in [0.25, 0.3) is 10.9 Å². The van der Waals surface area contributed by atoms with Gasteiger partial charge in [-0.25, -0.2) is 0 Å². The molecule has 6 nitrogen and oxygen atoms in total. The molecule has 6 heteroatoms. The van der Waals surface area contributed by atoms with Crippen molar-refractivity contribution >= 4 is 28.4 Å². The lowest BCUT2D eigenvalue weighted by Gasteiger charge is -2.31. The van der Waals surface area contributed by atoms with Crippen LogP contribution in [0.3, 0.4) is 0 Å². The summed E-state index contributed by atoms with van der Waals surface area (Å²) in [5, 5.41) is 11.0. The highest BCUT2D eigenvalue weighted by Gasteiger charge is 2.29. The highest BCUT2D eigenvalue weighted by atomic mass is 16.2. The van der Waals surface area contributed by atoms with Gasteiger partial charge in [-0.3, -0.25) is 14.7 Å². The number of anilines is 1. The Bertz CT molecular complexity index is 1030. The van der Waals surface area contributed by atoms with Gasteiger partial charge in [-0.05, 0) is 56.0 Å². The number of H-pyrrole nitrogens is 1. The first-order chi connectivity index (χ1) is 13.5. The molecular formula is C22H24N4O2. The second-order valence-corrected chi connectivity index (χ2v) is 7.47. The third-order valence-electron chi connectivity index (χ3n) is 5.60. The third kappa shape index (κ3) is 3.50. The van der Waals surface area contributed by atoms with E-state index < -0.39 is 0 Å². The van der Waals surface area contributed by atoms with Crippen LogP contribution in [-0.2, 0) is 4.79 Å². The fourth-order valence-electron chi connectivity index (χ4n) is 3.68. The first-order valence-electron chi connectivity index (χ1n) is 9.63. The minimum atomic E-state index is -0.0819. The number of nitrogens with one attached hydrogen (secondary N) is 2. The van der Waals surface area contributed by atoms with E-state index >= 15 is 0 Å². The number of rotatable bonds is 3. The van der Waals surface area contributed by atoms with Gasteiger partial charge in [-0.2, -0.15) is 5.10 Å². The number of likely N-dealkylation sites (tertiary alicyclic amines) is 1. The lowest BCUT2D eigenvalue weighted by molar-refractivity contribution is -0.121. The molecule has 1 aliphatic heterocycles. The fraction of sp³-hybridized carbons (Fsp3) is 0.318. The van der Waals surface area contributed by atoms with Crippen LogP contribution in [0.2, 0.25) is 0 Å². The van der Waals surface area contributed by atoms with E-state index in [1.807, 2.05) is 49.4 Å². The smallest absolute Gasteiger partial charge is 0.274 e. The molecule has 1 aliphatic rings. The molecule has 0 atom stereocenters. The van der Waals surface area contributed by atoms with Gasteiger partial charge in [0.1, 0.15) is 0 Å². The first kappa shape index (κ1) is 18.2. The molecule has 3 aromatic rings. The van der Waals surface area contributed by atoms with E-state index in [2.05, 4.69) is 22.4 Å². The number of aromatic amines is 1. The molecule has 2 heterocycles. The van der Waals surface area contributed by atoms with E-state index in [0.29, 0.717) is 31.6 Å². The summed E-state index contributed by atoms with van der Waals surface area (Å²) >= 11 is 0. The Kier molecular flexibility index (Phi) is 4.86. The van der Waals surface area contributed by atoms with Crippen LogP contribution >= 0.6 is 0 Å². The van der Waals surface area contributed by atoms with Gasteiger partial charge >= 0.3 is 0 Å². The maximum atomic E-state index is 12.9. The van der Waals surface area contributed by atoms with Crippen molar-refractivity contribution in [2.24, 2.45) is 5.92 Å². The quantitative estimate of drug-likeness (QED) is 0.732. The molecule has 0 radical (unpaired) electrons. The lowest BCUT2D eigenvalue weighted by Crippen LogP contribution is -2.41. The molecular weight excluding hydrogens is 352 g/mol. The van der Waals surface area contributed by atoms with E-state index in [1.54, 1.807) is 4.90 Å². The Labute approximate surface area is 163 Å². The summed E-state index contributed by atoms with van der Waals surface area (Å²) in [5.74, 6) is -0.132. The van der Waals surface area contributed by atoms with Gasteiger partial charge in [0, 0.05) is 30.1 Å². The predicted molar refractivity (Wildman–Crippen MR) is 109 cm³/mol. The third-order valence-corrected chi connectivity index (χ3v) is 5.60. The van der Waals surface area contributed by atoms with E-state index in [-0.39, 0.29) is 17.7 Å². The maximum Gasteiger partial charge on any atom is 0.274 e. The highest BCUT2D eigenvalue weighted by molar-refractivity contribution is 6.04. The summed E-state index contributed by atoms with van der Waals surface area (Å²) in [7, 11) is 0. The van der Waals surface area contributed by atoms with Gasteiger partial charge in [0.2, 0.25) is 5.91 Å². The summed E-state index contributed by atoms with van der Waals surface area (Å²) in [6, 6.07) is 13.6. The number of carbonyl (C=O) groups excluding carboxylic acids is 2. The minimum Gasteiger partial charge on any atom is -0.337 e. The van der Waals surface area contributed by atoms with Crippen molar-refractivity contribution in [2.45, 2.75) is 26.7 Å². The largest absolute Gasteiger partial charge is 0.337 e. The number of hydrogen-bond acceptors (Lipinski definition) is 3. The number of amides is 2. The highest BCUT2D eigenvalue weighted by Crippen LogP contribution is 2.23. The second kappa shape index (κ2) is 7.46. The zero-order valence-electron chi connectivity index (χ0n) is 16.2. The molecule has 4 rings (SSSR count). The van der Waals surface area contributed by atoms with Crippen LogP contribution in [0, 0.1) is 19.8 Å². The van der Waals surface area contributed by atoms with E-state index in [9.17, 15) is 9.59 Å². The van der Waals surface area contributed by atoms with E-state index in [4.69, 9.17) is 0 Å². The number of aryl methyl sites for hydroxylation is 2. The number of para-hydroxylation sites is 1. The second-order valence-electron chi connectivity index (χ2n) is 7.47. The standard InChI is InChI=1S/C22H24N4O2/c1-14-7-8-17(13-15(14)2)23-21(27)16-9-11-26(12-10-16)22(28)20-18-5-3-4-6-19(18)24-25-20/h3-8,13,16H,9-12H2,1-2H3,(H,23,27)(H,24,25). The SMILES string of the molecule is Cc1ccc(NC(=O)C2CCN(C(=O)c3n[nH]c4ccccc34)CC2)cc1C. The molecule has 2 N–H and O–H groups in total. The van der Waals surface area contributed by atoms with Crippen LogP contribution in [0.15, 0.2) is 42.5 Å². The predicted octanol–water partition coefficient (Wildman–Crippen LogP) is 3.67. The van der Waals surface area contributed by atoms with Crippen molar-refractivity contribution in [1.82, 2.24) is 15.1 Å². The summed E-state index contributed by atoms with van der Waals surface area (Å²) in [6.07, 6.45) is 1.32. The molecule has 0 aliphatic carbocycles. The Morgan fingerprint density at radius 3 is 2.57 bits per heavy atom. The first-order valence-corrected chi connectivity index (χ1v) is 9.63. The van der Waals surface area contributed by atoms with Gasteiger partial charge < -0.3 is 10.2 Å². The van der Waals surface area contributed by atoms with Crippen LogP contribution in [0.1, 0.15) is 34.5 Å². The summed E-state index contributed by atoms with van der Waals surface area (Å²) < 4.78 is 0. The Hall–Kier alpha value is -3.15. The number of hydrogen-bond donors (Lipinski definition) is 2. The molecule has 0 bridgehead atoms. The fourth-order valence-corrected chi connectivity index (χ4v) is 3.68. The van der Waals surface area contributed by atoms with E-state index in [0.717, 1.165) is 22.2 Å². The van der Waals surface area contributed by atoms with Crippen LogP contribution < -0.4 is 5.32 Å². The van der Waals surface area contributed by atoms with Crippen molar-refractivity contribution in [2.75, 3.05) is 18.4 Å². The number of nitrogens with zero attached hydrogens (tertiary/aromatic N) is 2. The van der Waals surface area contributed by atoms with Crippen molar-refractivity contribution < 1.29 is 9.59 Å². The molecule has 28 heavy (non-hydrogen) atoms. The van der Waals surface area contributed by atoms with Gasteiger partial charge in [0.15, 0.2) is 5.69 Å². The normalized spacial score (nSPS) is 15.0. The van der Waals surface area contributed by atoms with E-state index in [1.165, 1.54) is 5.56 Å². The number of fused-ring (bicyclic) bond motifs is 1. The molecule has 144 valence electrons. The number of aromatic nitrogens is 2. The van der Waals surface area contributed by atoms with Crippen LogP contribution in [-0.4, -0.2) is 40.0 Å². The van der Waals surface area contributed by atoms with Gasteiger partial charge in [-0.1, -0.05) is 24.3 Å². The topological polar surface area (TPSA) is 78.1 Å². The zero-order chi connectivity index (χ0) is 19.7. The van der Waals surface area contributed by atoms with Crippen molar-refractivity contribution in [3.8, 4) is 0 Å². The van der Waals surface area contributed by atoms with Crippen molar-refractivity contribution in [3.05, 3.63) is 59.3 Å². The van der Waals surface area contributed by atoms with Crippen LogP contribution in [0.5, 0.6) is 0 Å². The minimum absolute atomic E-state index is 0.0283. The Morgan fingerprint density at radius 2 is 1.82 bits per heavy atom. The van der Waals surface area contributed by atoms with Gasteiger partial charge in [-0.15, -0.1) is 0 Å². The maximum absolute atomic E-state index is 12.9. The zero-order valence-corrected chi connectivity index (χ0v) is 16.2. The summed E-state index contributed by atoms with van der Waals surface area (Å²) in [4.78, 5) is 27.3. The Balaban J connectivity index is 1.38. The molecule has 1 aromatic heterocycles. The molecule has 0 unspecified atom stereocenters. The molecule has 2 aromatic carbocycles. The number of piperidine rings is 1. The lowest BCUT2D eigenvalue weighted by atomic mass is 9.95. The average molecular weight is 376 g/mol. The van der Waals surface area contributed by atoms with Crippen molar-refractivity contribution in [3.63, 3.8) is 0 Å². The summed E-state index contributed by atoms with van der Waals surface area (Å²) in [5.41, 5.74) is 4.50. The van der Waals surface area contributed by atoms with Gasteiger partial charge in [0.25, 0.3) is 5.91 Å². The number of carbonyl (C=O) groups is 2. The molecule has 0 saturated carbocycles. The number of benzene rings is 2. The van der Waals surface area contributed by atoms with Crippen molar-refractivity contribution in [1.29, 1.82) is 0 Å². The monoisotopic (exact) mass is 376 g/mol. The average Bonchev–Trinajstić information content (AvgIpc) is 3.14. The Morgan fingerprint density at radius 1 is 1.07 bits per heavy atom.